The van der Waals surface area contributed by atoms with E-state index in [0.29, 0.717) is 0 Å². The lowest BCUT2D eigenvalue weighted by Crippen LogP contribution is -2.44. The van der Waals surface area contributed by atoms with E-state index >= 15 is 0 Å². The topological polar surface area (TPSA) is 20.3 Å². The summed E-state index contributed by atoms with van der Waals surface area (Å²) in [4.78, 5) is 16.9. The maximum Gasteiger partial charge on any atom is 0.263 e. The van der Waals surface area contributed by atoms with Gasteiger partial charge in [0.1, 0.15) is 0 Å². The number of fused-ring (bicyclic) bond motifs is 1. The highest BCUT2D eigenvalue weighted by atomic mass is 35.5. The Morgan fingerprint density at radius 2 is 2.00 bits per heavy atom. The summed E-state index contributed by atoms with van der Waals surface area (Å²) in [5.74, 6) is 0.168. The van der Waals surface area contributed by atoms with Gasteiger partial charge in [-0.3, -0.25) is 4.79 Å². The molecule has 2 nitrogen and oxygen atoms in total. The smallest absolute Gasteiger partial charge is 0.263 e. The van der Waals surface area contributed by atoms with Gasteiger partial charge in [-0.15, -0.1) is 22.9 Å². The molecule has 20 heavy (non-hydrogen) atoms. The van der Waals surface area contributed by atoms with Crippen LogP contribution < -0.4 is 0 Å². The number of carbonyl (C=O) groups is 1. The predicted octanol–water partition coefficient (Wildman–Crippen LogP) is 4.25. The number of thiophene rings is 1. The second kappa shape index (κ2) is 6.07. The number of alkyl halides is 1. The summed E-state index contributed by atoms with van der Waals surface area (Å²) in [5, 5.41) is 0.118. The largest absolute Gasteiger partial charge is 0.337 e. The summed E-state index contributed by atoms with van der Waals surface area (Å²) >= 11 is 8.12. The monoisotopic (exact) mass is 311 g/mol. The molecule has 2 aliphatic rings. The molecule has 0 aliphatic heterocycles. The molecular weight excluding hydrogens is 290 g/mol. The molecule has 4 heteroatoms. The molecule has 2 atom stereocenters. The molecule has 0 spiro atoms. The highest BCUT2D eigenvalue weighted by molar-refractivity contribution is 7.14. The van der Waals surface area contributed by atoms with Gasteiger partial charge in [-0.2, -0.15) is 0 Å². The lowest BCUT2D eigenvalue weighted by atomic mass is 9.93. The lowest BCUT2D eigenvalue weighted by Gasteiger charge is -2.34. The van der Waals surface area contributed by atoms with Crippen LogP contribution in [0.5, 0.6) is 0 Å². The van der Waals surface area contributed by atoms with Crippen molar-refractivity contribution in [2.45, 2.75) is 62.8 Å². The zero-order chi connectivity index (χ0) is 14.1. The Hall–Kier alpha value is -0.540. The van der Waals surface area contributed by atoms with Crippen molar-refractivity contribution in [1.29, 1.82) is 0 Å². The molecule has 0 N–H and O–H groups in total. The summed E-state index contributed by atoms with van der Waals surface area (Å²) in [6, 6.07) is 2.33. The molecular formula is C16H22ClNOS. The SMILES string of the molecule is CN(C(=O)c1cc2c(s1)CCCC2)C1CCCCC1Cl. The summed E-state index contributed by atoms with van der Waals surface area (Å²) in [6.07, 6.45) is 9.28. The molecule has 0 radical (unpaired) electrons. The molecule has 1 amide bonds. The van der Waals surface area contributed by atoms with Crippen molar-refractivity contribution >= 4 is 28.8 Å². The van der Waals surface area contributed by atoms with Crippen molar-refractivity contribution in [3.63, 3.8) is 0 Å². The van der Waals surface area contributed by atoms with Crippen LogP contribution in [0.25, 0.3) is 0 Å². The van der Waals surface area contributed by atoms with Crippen molar-refractivity contribution in [2.75, 3.05) is 7.05 Å². The number of halogens is 1. The lowest BCUT2D eigenvalue weighted by molar-refractivity contribution is 0.0705. The van der Waals surface area contributed by atoms with Crippen molar-refractivity contribution in [2.24, 2.45) is 0 Å². The third-order valence-corrected chi connectivity index (χ3v) is 6.41. The van der Waals surface area contributed by atoms with E-state index in [0.717, 1.165) is 30.6 Å². The normalized spacial score (nSPS) is 26.1. The maximum absolute atomic E-state index is 12.7. The molecule has 1 aromatic rings. The molecule has 1 heterocycles. The minimum Gasteiger partial charge on any atom is -0.337 e. The Kier molecular flexibility index (Phi) is 4.37. The quantitative estimate of drug-likeness (QED) is 0.748. The molecule has 110 valence electrons. The maximum atomic E-state index is 12.7. The molecule has 1 aromatic heterocycles. The van der Waals surface area contributed by atoms with E-state index in [1.165, 1.54) is 36.1 Å². The van der Waals surface area contributed by atoms with Gasteiger partial charge in [-0.25, -0.2) is 0 Å². The average molecular weight is 312 g/mol. The summed E-state index contributed by atoms with van der Waals surface area (Å²) in [7, 11) is 1.92. The minimum atomic E-state index is 0.118. The molecule has 2 unspecified atom stereocenters. The van der Waals surface area contributed by atoms with Gasteiger partial charge in [0, 0.05) is 18.0 Å². The summed E-state index contributed by atoms with van der Waals surface area (Å²) < 4.78 is 0. The van der Waals surface area contributed by atoms with Crippen LogP contribution in [0.4, 0.5) is 0 Å². The van der Waals surface area contributed by atoms with Crippen molar-refractivity contribution in [1.82, 2.24) is 4.90 Å². The van der Waals surface area contributed by atoms with Crippen LogP contribution in [0, 0.1) is 0 Å². The van der Waals surface area contributed by atoms with Gasteiger partial charge in [0.15, 0.2) is 0 Å². The molecule has 3 rings (SSSR count). The zero-order valence-corrected chi connectivity index (χ0v) is 13.6. The Balaban J connectivity index is 1.75. The third kappa shape index (κ3) is 2.75. The first kappa shape index (κ1) is 14.4. The van der Waals surface area contributed by atoms with Gasteiger partial charge < -0.3 is 4.90 Å². The molecule has 2 aliphatic carbocycles. The number of nitrogens with zero attached hydrogens (tertiary/aromatic N) is 1. The molecule has 0 aromatic carbocycles. The zero-order valence-electron chi connectivity index (χ0n) is 12.0. The van der Waals surface area contributed by atoms with E-state index in [4.69, 9.17) is 11.6 Å². The van der Waals surface area contributed by atoms with Crippen molar-refractivity contribution in [3.8, 4) is 0 Å². The minimum absolute atomic E-state index is 0.118. The fourth-order valence-corrected chi connectivity index (χ4v) is 5.11. The van der Waals surface area contributed by atoms with Gasteiger partial charge in [0.25, 0.3) is 5.91 Å². The van der Waals surface area contributed by atoms with Crippen molar-refractivity contribution in [3.05, 3.63) is 21.4 Å². The number of amides is 1. The Morgan fingerprint density at radius 3 is 2.75 bits per heavy atom. The van der Waals surface area contributed by atoms with Crippen LogP contribution in [0.1, 0.15) is 58.6 Å². The first-order valence-electron chi connectivity index (χ1n) is 7.69. The number of aryl methyl sites for hydroxylation is 2. The van der Waals surface area contributed by atoms with Gasteiger partial charge in [0.2, 0.25) is 0 Å². The van der Waals surface area contributed by atoms with Gasteiger partial charge in [0.05, 0.1) is 10.3 Å². The average Bonchev–Trinajstić information content (AvgIpc) is 2.90. The van der Waals surface area contributed by atoms with Crippen LogP contribution in [-0.4, -0.2) is 29.3 Å². The Labute approximate surface area is 130 Å². The summed E-state index contributed by atoms with van der Waals surface area (Å²) in [5.41, 5.74) is 1.41. The molecule has 1 saturated carbocycles. The number of hydrogen-bond acceptors (Lipinski definition) is 2. The number of rotatable bonds is 2. The first-order valence-corrected chi connectivity index (χ1v) is 8.95. The molecule has 1 fully saturated rings. The van der Waals surface area contributed by atoms with Crippen molar-refractivity contribution < 1.29 is 4.79 Å². The van der Waals surface area contributed by atoms with Gasteiger partial charge >= 0.3 is 0 Å². The Bertz CT molecular complexity index is 475. The summed E-state index contributed by atoms with van der Waals surface area (Å²) in [6.45, 7) is 0. The van der Waals surface area contributed by atoms with Gasteiger partial charge in [-0.05, 0) is 50.2 Å². The van der Waals surface area contributed by atoms with E-state index in [-0.39, 0.29) is 17.3 Å². The fourth-order valence-electron chi connectivity index (χ4n) is 3.42. The van der Waals surface area contributed by atoms with Crippen LogP contribution in [0.15, 0.2) is 6.07 Å². The van der Waals surface area contributed by atoms with E-state index in [2.05, 4.69) is 6.07 Å². The number of carbonyl (C=O) groups excluding carboxylic acids is 1. The second-order valence-electron chi connectivity index (χ2n) is 6.05. The third-order valence-electron chi connectivity index (χ3n) is 4.67. The van der Waals surface area contributed by atoms with Crippen LogP contribution in [-0.2, 0) is 12.8 Å². The van der Waals surface area contributed by atoms with E-state index in [1.54, 1.807) is 11.3 Å². The van der Waals surface area contributed by atoms with Crippen LogP contribution in [0.2, 0.25) is 0 Å². The van der Waals surface area contributed by atoms with E-state index < -0.39 is 0 Å². The predicted molar refractivity (Wildman–Crippen MR) is 85.0 cm³/mol. The van der Waals surface area contributed by atoms with Crippen LogP contribution >= 0.6 is 22.9 Å². The Morgan fingerprint density at radius 1 is 1.25 bits per heavy atom. The highest BCUT2D eigenvalue weighted by Gasteiger charge is 2.31. The number of hydrogen-bond donors (Lipinski definition) is 0. The van der Waals surface area contributed by atoms with Crippen LogP contribution in [0.3, 0.4) is 0 Å². The fraction of sp³-hybridized carbons (Fsp3) is 0.688. The molecule has 0 saturated heterocycles. The van der Waals surface area contributed by atoms with E-state index in [1.807, 2.05) is 11.9 Å². The van der Waals surface area contributed by atoms with Gasteiger partial charge in [-0.1, -0.05) is 12.8 Å². The first-order chi connectivity index (χ1) is 9.66. The molecule has 0 bridgehead atoms. The standard InChI is InChI=1S/C16H22ClNOS/c1-18(13-8-4-3-7-12(13)17)16(19)15-10-11-6-2-5-9-14(11)20-15/h10,12-13H,2-9H2,1H3. The highest BCUT2D eigenvalue weighted by Crippen LogP contribution is 2.32. The van der Waals surface area contributed by atoms with E-state index in [9.17, 15) is 4.79 Å². The second-order valence-corrected chi connectivity index (χ2v) is 7.75.